The number of carbonyl (C=O) groups is 3. The Hall–Kier alpha value is -2.40. The fraction of sp³-hybridized carbons (Fsp3) is 0.565. The second kappa shape index (κ2) is 13.5. The van der Waals surface area contributed by atoms with E-state index in [9.17, 15) is 14.4 Å². The number of carbonyl (C=O) groups excluding carboxylic acids is 3. The van der Waals surface area contributed by atoms with Gasteiger partial charge in [-0.05, 0) is 18.4 Å². The molecule has 0 bridgehead atoms. The number of nitrogens with two attached hydrogens (primary N) is 1. The molecule has 0 saturated carbocycles. The molecule has 0 radical (unpaired) electrons. The largest absolute Gasteiger partial charge is 0.368 e. The van der Waals surface area contributed by atoms with Crippen LogP contribution in [0.4, 0.5) is 0 Å². The highest BCUT2D eigenvalue weighted by molar-refractivity contribution is 8.00. The molecule has 5 N–H and O–H groups in total. The number of benzene rings is 1. The zero-order valence-electron chi connectivity index (χ0n) is 19.5. The summed E-state index contributed by atoms with van der Waals surface area (Å²) in [5.41, 5.74) is 6.66. The standard InChI is InChI=1S/C23H34N6O3S2/c1-16(30)25-11-18-7-9-29-10-8-19(27-23(29)26-18)13-34-15-21(31)28-20(22(24)32)14-33-12-17-5-3-2-4-6-17/h2-6,18-20H,7-15H2,1H3,(H2,24,32)(H,25,30)(H,26,27)(H,28,31)/t18-,19-,20+/m1/s1. The lowest BCUT2D eigenvalue weighted by Gasteiger charge is -2.39. The van der Waals surface area contributed by atoms with E-state index in [2.05, 4.69) is 20.9 Å². The molecule has 3 amide bonds. The van der Waals surface area contributed by atoms with E-state index in [0.717, 1.165) is 43.4 Å². The van der Waals surface area contributed by atoms with Gasteiger partial charge in [0.25, 0.3) is 0 Å². The van der Waals surface area contributed by atoms with E-state index in [-0.39, 0.29) is 29.7 Å². The SMILES string of the molecule is CC(=O)NC[C@H]1CCN2CC[C@H](CSCC(=O)N[C@@H](CSCc3ccccc3)C(N)=O)N=C2N1. The third-order valence-corrected chi connectivity index (χ3v) is 7.83. The van der Waals surface area contributed by atoms with Gasteiger partial charge in [0, 0.05) is 49.9 Å². The fourth-order valence-electron chi connectivity index (χ4n) is 3.77. The van der Waals surface area contributed by atoms with Crippen molar-refractivity contribution in [3.8, 4) is 0 Å². The Morgan fingerprint density at radius 3 is 2.71 bits per heavy atom. The number of fused-ring (bicyclic) bond motifs is 1. The number of amides is 3. The number of aliphatic imine (C=N–C) groups is 1. The van der Waals surface area contributed by atoms with Gasteiger partial charge >= 0.3 is 0 Å². The minimum absolute atomic E-state index is 0.0317. The number of nitrogens with zero attached hydrogens (tertiary/aromatic N) is 2. The minimum atomic E-state index is -0.683. The molecular formula is C23H34N6O3S2. The predicted molar refractivity (Wildman–Crippen MR) is 139 cm³/mol. The number of nitrogens with one attached hydrogen (secondary N) is 3. The zero-order valence-corrected chi connectivity index (χ0v) is 21.1. The number of hydrogen-bond acceptors (Lipinski definition) is 8. The number of primary amides is 1. The van der Waals surface area contributed by atoms with Crippen LogP contribution in [0, 0.1) is 0 Å². The van der Waals surface area contributed by atoms with Gasteiger partial charge in [0.05, 0.1) is 11.8 Å². The van der Waals surface area contributed by atoms with E-state index >= 15 is 0 Å². The van der Waals surface area contributed by atoms with Gasteiger partial charge in [-0.1, -0.05) is 30.3 Å². The second-order valence-corrected chi connectivity index (χ2v) is 10.5. The smallest absolute Gasteiger partial charge is 0.240 e. The number of hydrogen-bond donors (Lipinski definition) is 4. The molecule has 0 spiro atoms. The lowest BCUT2D eigenvalue weighted by molar-refractivity contribution is -0.125. The summed E-state index contributed by atoms with van der Waals surface area (Å²) in [6.45, 7) is 3.96. The molecule has 3 rings (SSSR count). The van der Waals surface area contributed by atoms with Gasteiger partial charge in [0.15, 0.2) is 5.96 Å². The summed E-state index contributed by atoms with van der Waals surface area (Å²) >= 11 is 3.09. The third kappa shape index (κ3) is 8.75. The van der Waals surface area contributed by atoms with Gasteiger partial charge in [-0.15, -0.1) is 11.8 Å². The molecule has 2 heterocycles. The molecule has 1 fully saturated rings. The Morgan fingerprint density at radius 1 is 1.21 bits per heavy atom. The maximum Gasteiger partial charge on any atom is 0.240 e. The summed E-state index contributed by atoms with van der Waals surface area (Å²) in [4.78, 5) is 42.4. The third-order valence-electron chi connectivity index (χ3n) is 5.63. The first-order valence-corrected chi connectivity index (χ1v) is 13.8. The van der Waals surface area contributed by atoms with Crippen molar-refractivity contribution in [2.24, 2.45) is 10.7 Å². The quantitative estimate of drug-likeness (QED) is 0.326. The van der Waals surface area contributed by atoms with Crippen LogP contribution < -0.4 is 21.7 Å². The normalized spacial score (nSPS) is 20.4. The Morgan fingerprint density at radius 2 is 1.97 bits per heavy atom. The lowest BCUT2D eigenvalue weighted by Crippen LogP contribution is -2.58. The van der Waals surface area contributed by atoms with Crippen LogP contribution in [0.1, 0.15) is 25.3 Å². The molecule has 2 aliphatic heterocycles. The molecule has 1 aromatic carbocycles. The molecule has 186 valence electrons. The van der Waals surface area contributed by atoms with E-state index in [1.165, 1.54) is 24.2 Å². The highest BCUT2D eigenvalue weighted by Gasteiger charge is 2.28. The molecule has 1 aromatic rings. The molecule has 0 aromatic heterocycles. The summed E-state index contributed by atoms with van der Waals surface area (Å²) in [7, 11) is 0. The van der Waals surface area contributed by atoms with Gasteiger partial charge in [0.2, 0.25) is 17.7 Å². The first kappa shape index (κ1) is 26.2. The Kier molecular flexibility index (Phi) is 10.4. The van der Waals surface area contributed by atoms with Gasteiger partial charge in [-0.2, -0.15) is 11.8 Å². The molecule has 0 aliphatic carbocycles. The summed E-state index contributed by atoms with van der Waals surface area (Å²) < 4.78 is 0. The van der Waals surface area contributed by atoms with Crippen LogP contribution in [0.5, 0.6) is 0 Å². The first-order valence-electron chi connectivity index (χ1n) is 11.5. The topological polar surface area (TPSA) is 129 Å². The van der Waals surface area contributed by atoms with Crippen molar-refractivity contribution < 1.29 is 14.4 Å². The first-order chi connectivity index (χ1) is 16.4. The second-order valence-electron chi connectivity index (χ2n) is 8.49. The number of thioether (sulfide) groups is 2. The summed E-state index contributed by atoms with van der Waals surface area (Å²) in [5.74, 6) is 2.33. The fourth-order valence-corrected chi connectivity index (χ4v) is 5.70. The van der Waals surface area contributed by atoms with E-state index in [1.54, 1.807) is 11.8 Å². The summed E-state index contributed by atoms with van der Waals surface area (Å²) in [5, 5.41) is 9.05. The molecular weight excluding hydrogens is 472 g/mol. The summed E-state index contributed by atoms with van der Waals surface area (Å²) in [6, 6.07) is 9.60. The molecule has 11 heteroatoms. The van der Waals surface area contributed by atoms with Gasteiger partial charge in [0.1, 0.15) is 6.04 Å². The van der Waals surface area contributed by atoms with Crippen LogP contribution >= 0.6 is 23.5 Å². The van der Waals surface area contributed by atoms with Crippen molar-refractivity contribution in [2.75, 3.05) is 36.9 Å². The van der Waals surface area contributed by atoms with E-state index < -0.39 is 11.9 Å². The average Bonchev–Trinajstić information content (AvgIpc) is 2.82. The van der Waals surface area contributed by atoms with Crippen LogP contribution in [0.15, 0.2) is 35.3 Å². The highest BCUT2D eigenvalue weighted by atomic mass is 32.2. The molecule has 0 unspecified atom stereocenters. The van der Waals surface area contributed by atoms with Crippen LogP contribution in [0.25, 0.3) is 0 Å². The van der Waals surface area contributed by atoms with Crippen molar-refractivity contribution >= 4 is 47.2 Å². The van der Waals surface area contributed by atoms with Crippen molar-refractivity contribution in [3.05, 3.63) is 35.9 Å². The molecule has 34 heavy (non-hydrogen) atoms. The van der Waals surface area contributed by atoms with Gasteiger partial charge in [-0.25, -0.2) is 4.99 Å². The van der Waals surface area contributed by atoms with Crippen molar-refractivity contribution in [1.82, 2.24) is 20.9 Å². The van der Waals surface area contributed by atoms with E-state index in [1.807, 2.05) is 30.3 Å². The monoisotopic (exact) mass is 506 g/mol. The van der Waals surface area contributed by atoms with Crippen LogP contribution in [-0.2, 0) is 20.1 Å². The zero-order chi connectivity index (χ0) is 24.3. The highest BCUT2D eigenvalue weighted by Crippen LogP contribution is 2.18. The van der Waals surface area contributed by atoms with Crippen molar-refractivity contribution in [1.29, 1.82) is 0 Å². The Balaban J connectivity index is 1.38. The number of rotatable bonds is 12. The lowest BCUT2D eigenvalue weighted by atomic mass is 10.1. The van der Waals surface area contributed by atoms with E-state index in [0.29, 0.717) is 12.3 Å². The maximum absolute atomic E-state index is 12.4. The van der Waals surface area contributed by atoms with Crippen LogP contribution in [0.3, 0.4) is 0 Å². The van der Waals surface area contributed by atoms with Gasteiger partial charge in [-0.3, -0.25) is 14.4 Å². The Labute approximate surface area is 209 Å². The van der Waals surface area contributed by atoms with Crippen molar-refractivity contribution in [3.63, 3.8) is 0 Å². The minimum Gasteiger partial charge on any atom is -0.368 e. The number of guanidine groups is 1. The van der Waals surface area contributed by atoms with Gasteiger partial charge < -0.3 is 26.6 Å². The summed E-state index contributed by atoms with van der Waals surface area (Å²) in [6.07, 6.45) is 1.90. The van der Waals surface area contributed by atoms with E-state index in [4.69, 9.17) is 10.7 Å². The predicted octanol–water partition coefficient (Wildman–Crippen LogP) is 0.551. The molecule has 9 nitrogen and oxygen atoms in total. The van der Waals surface area contributed by atoms with Crippen LogP contribution in [0.2, 0.25) is 0 Å². The molecule has 2 aliphatic rings. The van der Waals surface area contributed by atoms with Crippen LogP contribution in [-0.4, -0.2) is 83.6 Å². The molecule has 3 atom stereocenters. The average molecular weight is 507 g/mol. The van der Waals surface area contributed by atoms with Crippen molar-refractivity contribution in [2.45, 2.75) is 43.6 Å². The Bertz CT molecular complexity index is 870. The molecule has 1 saturated heterocycles. The maximum atomic E-state index is 12.4.